The number of hydrogen-bond acceptors (Lipinski definition) is 4. The van der Waals surface area contributed by atoms with Crippen LogP contribution in [0.25, 0.3) is 0 Å². The zero-order valence-electron chi connectivity index (χ0n) is 9.03. The average Bonchev–Trinajstić information content (AvgIpc) is 2.80. The van der Waals surface area contributed by atoms with Crippen LogP contribution in [-0.4, -0.2) is 36.7 Å². The summed E-state index contributed by atoms with van der Waals surface area (Å²) in [5, 5.41) is 4.38. The fraction of sp³-hybridized carbons (Fsp3) is 0.700. The smallest absolute Gasteiger partial charge is 0.322 e. The Morgan fingerprint density at radius 2 is 2.24 bits per heavy atom. The van der Waals surface area contributed by atoms with Crippen molar-refractivity contribution in [3.8, 4) is 0 Å². The number of nitrogens with one attached hydrogen (secondary N) is 2. The summed E-state index contributed by atoms with van der Waals surface area (Å²) in [4.78, 5) is 34.3. The molecule has 1 saturated heterocycles. The number of carbonyl (C=O) groups excluding carboxylic acids is 3. The molecular formula is C10H11FN2O4. The Balaban J connectivity index is 1.93. The van der Waals surface area contributed by atoms with Gasteiger partial charge in [-0.3, -0.25) is 14.9 Å². The number of urea groups is 1. The van der Waals surface area contributed by atoms with Gasteiger partial charge >= 0.3 is 12.0 Å². The summed E-state index contributed by atoms with van der Waals surface area (Å²) in [6.07, 6.45) is -1.33. The Bertz CT molecular complexity index is 440. The number of imide groups is 1. The van der Waals surface area contributed by atoms with Crippen LogP contribution in [0.5, 0.6) is 0 Å². The van der Waals surface area contributed by atoms with Crippen LogP contribution >= 0.6 is 0 Å². The quantitative estimate of drug-likeness (QED) is 0.472. The lowest BCUT2D eigenvalue weighted by atomic mass is 9.89. The van der Waals surface area contributed by atoms with Crippen LogP contribution in [0.1, 0.15) is 6.42 Å². The molecule has 0 radical (unpaired) electrons. The van der Waals surface area contributed by atoms with Crippen molar-refractivity contribution in [2.75, 3.05) is 7.11 Å². The fourth-order valence-electron chi connectivity index (χ4n) is 3.32. The first-order valence-corrected chi connectivity index (χ1v) is 5.38. The van der Waals surface area contributed by atoms with Gasteiger partial charge in [-0.2, -0.15) is 0 Å². The van der Waals surface area contributed by atoms with Crippen molar-refractivity contribution in [2.24, 2.45) is 17.8 Å². The molecule has 1 heterocycles. The Labute approximate surface area is 95.9 Å². The lowest BCUT2D eigenvalue weighted by Gasteiger charge is -2.26. The zero-order valence-corrected chi connectivity index (χ0v) is 9.03. The molecule has 5 atom stereocenters. The van der Waals surface area contributed by atoms with Crippen molar-refractivity contribution >= 4 is 17.9 Å². The maximum absolute atomic E-state index is 13.9. The van der Waals surface area contributed by atoms with Crippen molar-refractivity contribution in [3.63, 3.8) is 0 Å². The number of methoxy groups -OCH3 is 1. The first-order chi connectivity index (χ1) is 8.02. The van der Waals surface area contributed by atoms with E-state index in [1.807, 2.05) is 5.32 Å². The third-order valence-electron chi connectivity index (χ3n) is 4.06. The van der Waals surface area contributed by atoms with Gasteiger partial charge in [0, 0.05) is 5.92 Å². The molecule has 92 valence electrons. The van der Waals surface area contributed by atoms with Crippen LogP contribution in [-0.2, 0) is 14.3 Å². The summed E-state index contributed by atoms with van der Waals surface area (Å²) >= 11 is 0. The van der Waals surface area contributed by atoms with Crippen molar-refractivity contribution < 1.29 is 23.5 Å². The van der Waals surface area contributed by atoms with Gasteiger partial charge in [0.15, 0.2) is 5.54 Å². The lowest BCUT2D eigenvalue weighted by molar-refractivity contribution is -0.143. The monoisotopic (exact) mass is 242 g/mol. The SMILES string of the molecule is COC(=O)C1C2CC(F)[C@]3(NC(=O)NC3=O)C21. The minimum atomic E-state index is -1.55. The molecule has 3 aliphatic rings. The largest absolute Gasteiger partial charge is 0.469 e. The second-order valence-corrected chi connectivity index (χ2v) is 4.72. The Morgan fingerprint density at radius 3 is 2.76 bits per heavy atom. The number of carbonyl (C=O) groups is 3. The van der Waals surface area contributed by atoms with E-state index < -0.39 is 41.5 Å². The van der Waals surface area contributed by atoms with Crippen LogP contribution in [0.4, 0.5) is 9.18 Å². The molecule has 2 N–H and O–H groups in total. The summed E-state index contributed by atoms with van der Waals surface area (Å²) in [5.41, 5.74) is -1.55. The molecule has 17 heavy (non-hydrogen) atoms. The molecule has 4 unspecified atom stereocenters. The van der Waals surface area contributed by atoms with Crippen LogP contribution < -0.4 is 10.6 Å². The molecule has 6 nitrogen and oxygen atoms in total. The fourth-order valence-corrected chi connectivity index (χ4v) is 3.32. The van der Waals surface area contributed by atoms with Gasteiger partial charge in [-0.15, -0.1) is 0 Å². The van der Waals surface area contributed by atoms with Gasteiger partial charge in [0.25, 0.3) is 5.91 Å². The minimum Gasteiger partial charge on any atom is -0.469 e. The summed E-state index contributed by atoms with van der Waals surface area (Å²) < 4.78 is 18.5. The van der Waals surface area contributed by atoms with Gasteiger partial charge in [0.05, 0.1) is 13.0 Å². The number of fused-ring (bicyclic) bond motifs is 2. The Hall–Kier alpha value is -1.66. The van der Waals surface area contributed by atoms with E-state index in [-0.39, 0.29) is 12.3 Å². The number of ether oxygens (including phenoxy) is 1. The molecule has 0 aromatic rings. The highest BCUT2D eigenvalue weighted by molar-refractivity contribution is 6.09. The van der Waals surface area contributed by atoms with E-state index in [4.69, 9.17) is 0 Å². The number of alkyl halides is 1. The second kappa shape index (κ2) is 2.96. The highest BCUT2D eigenvalue weighted by atomic mass is 19.1. The van der Waals surface area contributed by atoms with Crippen LogP contribution in [0, 0.1) is 17.8 Å². The van der Waals surface area contributed by atoms with Crippen molar-refractivity contribution in [1.82, 2.24) is 10.6 Å². The van der Waals surface area contributed by atoms with E-state index in [0.717, 1.165) is 0 Å². The zero-order chi connectivity index (χ0) is 12.4. The standard InChI is InChI=1S/C10H11FN2O4/c1-17-7(14)5-3-2-4(11)10(6(3)5)8(15)12-9(16)13-10/h3-6H,2H2,1H3,(H2,12,13,15,16)/t3?,4?,5?,6?,10-/m0/s1. The third kappa shape index (κ3) is 1.06. The van der Waals surface area contributed by atoms with E-state index in [1.54, 1.807) is 0 Å². The average molecular weight is 242 g/mol. The molecule has 2 aliphatic carbocycles. The highest BCUT2D eigenvalue weighted by Crippen LogP contribution is 2.64. The molecule has 2 saturated carbocycles. The number of halogens is 1. The molecule has 3 fully saturated rings. The van der Waals surface area contributed by atoms with Gasteiger partial charge in [-0.05, 0) is 12.3 Å². The molecule has 0 aromatic heterocycles. The van der Waals surface area contributed by atoms with Crippen LogP contribution in [0.3, 0.4) is 0 Å². The Morgan fingerprint density at radius 1 is 1.53 bits per heavy atom. The first kappa shape index (κ1) is 10.5. The van der Waals surface area contributed by atoms with E-state index in [2.05, 4.69) is 10.1 Å². The van der Waals surface area contributed by atoms with Gasteiger partial charge in [0.1, 0.15) is 6.17 Å². The number of amides is 3. The first-order valence-electron chi connectivity index (χ1n) is 5.38. The molecule has 3 rings (SSSR count). The number of hydrogen-bond donors (Lipinski definition) is 2. The second-order valence-electron chi connectivity index (χ2n) is 4.72. The van der Waals surface area contributed by atoms with Gasteiger partial charge in [-0.25, -0.2) is 9.18 Å². The highest BCUT2D eigenvalue weighted by Gasteiger charge is 2.77. The van der Waals surface area contributed by atoms with E-state index in [0.29, 0.717) is 0 Å². The van der Waals surface area contributed by atoms with Crippen LogP contribution in [0.2, 0.25) is 0 Å². The maximum Gasteiger partial charge on any atom is 0.322 e. The molecule has 1 aliphatic heterocycles. The summed E-state index contributed by atoms with van der Waals surface area (Å²) in [7, 11) is 1.25. The Kier molecular flexibility index (Phi) is 1.83. The topological polar surface area (TPSA) is 84.5 Å². The predicted octanol–water partition coefficient (Wildman–Crippen LogP) is -0.658. The molecule has 1 spiro atoms. The van der Waals surface area contributed by atoms with Crippen molar-refractivity contribution in [1.29, 1.82) is 0 Å². The summed E-state index contributed by atoms with van der Waals surface area (Å²) in [6.45, 7) is 0. The molecular weight excluding hydrogens is 231 g/mol. The van der Waals surface area contributed by atoms with Gasteiger partial charge in [0.2, 0.25) is 0 Å². The van der Waals surface area contributed by atoms with Crippen LogP contribution in [0.15, 0.2) is 0 Å². The van der Waals surface area contributed by atoms with Gasteiger partial charge in [-0.1, -0.05) is 0 Å². The summed E-state index contributed by atoms with van der Waals surface area (Å²) in [6, 6.07) is -0.700. The van der Waals surface area contributed by atoms with Crippen molar-refractivity contribution in [3.05, 3.63) is 0 Å². The molecule has 7 heteroatoms. The third-order valence-corrected chi connectivity index (χ3v) is 4.06. The van der Waals surface area contributed by atoms with E-state index in [1.165, 1.54) is 7.11 Å². The normalized spacial score (nSPS) is 46.5. The van der Waals surface area contributed by atoms with E-state index in [9.17, 15) is 18.8 Å². The number of rotatable bonds is 1. The molecule has 0 bridgehead atoms. The van der Waals surface area contributed by atoms with Gasteiger partial charge < -0.3 is 10.1 Å². The summed E-state index contributed by atoms with van der Waals surface area (Å²) in [5.74, 6) is -2.27. The molecule has 0 aromatic carbocycles. The molecule has 3 amide bonds. The van der Waals surface area contributed by atoms with Crippen molar-refractivity contribution in [2.45, 2.75) is 18.1 Å². The number of esters is 1. The maximum atomic E-state index is 13.9. The predicted molar refractivity (Wildman–Crippen MR) is 51.4 cm³/mol. The van der Waals surface area contributed by atoms with E-state index >= 15 is 0 Å². The minimum absolute atomic E-state index is 0.109. The lowest BCUT2D eigenvalue weighted by Crippen LogP contribution is -2.55.